The van der Waals surface area contributed by atoms with Gasteiger partial charge in [-0.25, -0.2) is 8.98 Å². The molecule has 0 amide bonds. The molecule has 0 saturated carbocycles. The maximum atomic E-state index is 12.0. The molecule has 1 aromatic rings. The predicted molar refractivity (Wildman–Crippen MR) is 57.6 cm³/mol. The minimum absolute atomic E-state index is 0.0624. The Labute approximate surface area is 107 Å². The average Bonchev–Trinajstić information content (AvgIpc) is 2.28. The van der Waals surface area contributed by atoms with Crippen molar-refractivity contribution >= 4 is 16.1 Å². The van der Waals surface area contributed by atoms with E-state index in [9.17, 15) is 26.4 Å². The van der Waals surface area contributed by atoms with E-state index in [1.54, 1.807) is 6.07 Å². The van der Waals surface area contributed by atoms with Gasteiger partial charge in [0, 0.05) is 0 Å². The Morgan fingerprint density at radius 2 is 1.74 bits per heavy atom. The number of para-hydroxylation sites is 1. The minimum atomic E-state index is -5.84. The summed E-state index contributed by atoms with van der Waals surface area (Å²) < 4.78 is 65.7. The smallest absolute Gasteiger partial charge is 0.425 e. The molecule has 1 atom stereocenters. The summed E-state index contributed by atoms with van der Waals surface area (Å²) in [5.74, 6) is -1.19. The third-order valence-corrected chi connectivity index (χ3v) is 2.96. The normalized spacial score (nSPS) is 13.9. The molecule has 0 aliphatic heterocycles. The van der Waals surface area contributed by atoms with E-state index in [0.717, 1.165) is 6.92 Å². The standard InChI is InChI=1S/C10H9F3O5S/c1-7(18-19(15,16)10(11,12)13)9(14)17-8-5-3-2-4-6-8/h2-7H,1H3/t7-/m1/s1. The summed E-state index contributed by atoms with van der Waals surface area (Å²) in [4.78, 5) is 11.3. The molecule has 0 aliphatic rings. The number of halogens is 3. The van der Waals surface area contributed by atoms with Crippen LogP contribution in [-0.2, 0) is 19.1 Å². The van der Waals surface area contributed by atoms with E-state index in [0.29, 0.717) is 0 Å². The van der Waals surface area contributed by atoms with Crippen LogP contribution in [0.25, 0.3) is 0 Å². The maximum absolute atomic E-state index is 12.0. The van der Waals surface area contributed by atoms with Crippen molar-refractivity contribution < 1.29 is 35.3 Å². The fourth-order valence-corrected chi connectivity index (χ4v) is 1.54. The van der Waals surface area contributed by atoms with E-state index in [2.05, 4.69) is 8.92 Å². The average molecular weight is 298 g/mol. The Bertz CT molecular complexity index is 538. The summed E-state index contributed by atoms with van der Waals surface area (Å²) in [6.45, 7) is 0.842. The van der Waals surface area contributed by atoms with Crippen LogP contribution in [0.1, 0.15) is 6.92 Å². The lowest BCUT2D eigenvalue weighted by molar-refractivity contribution is -0.142. The second-order valence-corrected chi connectivity index (χ2v) is 4.94. The molecule has 0 unspecified atom stereocenters. The summed E-state index contributed by atoms with van der Waals surface area (Å²) in [6.07, 6.45) is -1.91. The number of carbonyl (C=O) groups is 1. The molecule has 106 valence electrons. The summed E-state index contributed by atoms with van der Waals surface area (Å²) >= 11 is 0. The summed E-state index contributed by atoms with van der Waals surface area (Å²) in [5.41, 5.74) is -5.59. The first-order valence-electron chi connectivity index (χ1n) is 4.90. The van der Waals surface area contributed by atoms with Crippen LogP contribution in [0.5, 0.6) is 5.75 Å². The molecule has 5 nitrogen and oxygen atoms in total. The Morgan fingerprint density at radius 3 is 2.21 bits per heavy atom. The third-order valence-electron chi connectivity index (χ3n) is 1.85. The Kier molecular flexibility index (Phi) is 4.53. The molecule has 9 heteroatoms. The highest BCUT2D eigenvalue weighted by atomic mass is 32.2. The highest BCUT2D eigenvalue weighted by Crippen LogP contribution is 2.26. The number of ether oxygens (including phenoxy) is 1. The van der Waals surface area contributed by atoms with Crippen LogP contribution in [0.4, 0.5) is 13.2 Å². The first kappa shape index (κ1) is 15.4. The van der Waals surface area contributed by atoms with Crippen LogP contribution in [0.15, 0.2) is 30.3 Å². The molecular weight excluding hydrogens is 289 g/mol. The van der Waals surface area contributed by atoms with Gasteiger partial charge in [0.2, 0.25) is 0 Å². The number of hydrogen-bond donors (Lipinski definition) is 0. The summed E-state index contributed by atoms with van der Waals surface area (Å²) in [6, 6.07) is 7.44. The van der Waals surface area contributed by atoms with Crippen LogP contribution in [0.3, 0.4) is 0 Å². The van der Waals surface area contributed by atoms with Crippen molar-refractivity contribution in [2.45, 2.75) is 18.5 Å². The highest BCUT2D eigenvalue weighted by Gasteiger charge is 2.49. The van der Waals surface area contributed by atoms with Gasteiger partial charge >= 0.3 is 21.6 Å². The second kappa shape index (κ2) is 5.57. The molecule has 0 heterocycles. The molecule has 0 fully saturated rings. The van der Waals surface area contributed by atoms with E-state index in [1.807, 2.05) is 0 Å². The molecule has 1 aromatic carbocycles. The Hall–Kier alpha value is -1.61. The van der Waals surface area contributed by atoms with Crippen molar-refractivity contribution in [3.8, 4) is 5.75 Å². The van der Waals surface area contributed by atoms with Crippen LogP contribution < -0.4 is 4.74 Å². The van der Waals surface area contributed by atoms with Gasteiger partial charge in [-0.3, -0.25) is 0 Å². The van der Waals surface area contributed by atoms with Gasteiger partial charge in [-0.2, -0.15) is 21.6 Å². The van der Waals surface area contributed by atoms with Gasteiger partial charge in [0.1, 0.15) is 5.75 Å². The van der Waals surface area contributed by atoms with Crippen molar-refractivity contribution in [2.24, 2.45) is 0 Å². The maximum Gasteiger partial charge on any atom is 0.523 e. The zero-order chi connectivity index (χ0) is 14.7. The molecular formula is C10H9F3O5S. The Balaban J connectivity index is 2.69. The highest BCUT2D eigenvalue weighted by molar-refractivity contribution is 7.87. The van der Waals surface area contributed by atoms with Crippen molar-refractivity contribution in [3.05, 3.63) is 30.3 Å². The van der Waals surface area contributed by atoms with E-state index < -0.39 is 27.7 Å². The van der Waals surface area contributed by atoms with Crippen LogP contribution in [0, 0.1) is 0 Å². The van der Waals surface area contributed by atoms with Gasteiger partial charge < -0.3 is 4.74 Å². The monoisotopic (exact) mass is 298 g/mol. The molecule has 0 aliphatic carbocycles. The van der Waals surface area contributed by atoms with E-state index >= 15 is 0 Å². The van der Waals surface area contributed by atoms with Crippen molar-refractivity contribution in [1.82, 2.24) is 0 Å². The Morgan fingerprint density at radius 1 is 1.21 bits per heavy atom. The molecule has 0 spiro atoms. The van der Waals surface area contributed by atoms with E-state index in [4.69, 9.17) is 0 Å². The lowest BCUT2D eigenvalue weighted by Crippen LogP contribution is -2.34. The SMILES string of the molecule is C[C@@H](OS(=O)(=O)C(F)(F)F)C(=O)Oc1ccccc1. The first-order valence-corrected chi connectivity index (χ1v) is 6.30. The number of carbonyl (C=O) groups excluding carboxylic acids is 1. The number of esters is 1. The molecule has 1 rings (SSSR count). The summed E-state index contributed by atoms with van der Waals surface area (Å²) in [7, 11) is -5.84. The molecule has 0 saturated heterocycles. The lowest BCUT2D eigenvalue weighted by atomic mass is 10.3. The van der Waals surface area contributed by atoms with Gasteiger partial charge in [-0.05, 0) is 19.1 Å². The minimum Gasteiger partial charge on any atom is -0.425 e. The predicted octanol–water partition coefficient (Wildman–Crippen LogP) is 1.85. The molecule has 0 N–H and O–H groups in total. The van der Waals surface area contributed by atoms with E-state index in [-0.39, 0.29) is 5.75 Å². The van der Waals surface area contributed by atoms with Crippen LogP contribution in [-0.4, -0.2) is 26.0 Å². The molecule has 0 bridgehead atoms. The van der Waals surface area contributed by atoms with Crippen molar-refractivity contribution in [1.29, 1.82) is 0 Å². The van der Waals surface area contributed by atoms with Gasteiger partial charge in [0.25, 0.3) is 0 Å². The number of alkyl halides is 3. The largest absolute Gasteiger partial charge is 0.523 e. The fourth-order valence-electron chi connectivity index (χ4n) is 0.972. The molecule has 19 heavy (non-hydrogen) atoms. The third kappa shape index (κ3) is 4.21. The lowest BCUT2D eigenvalue weighted by Gasteiger charge is -2.13. The van der Waals surface area contributed by atoms with Gasteiger partial charge in [0.05, 0.1) is 0 Å². The number of rotatable bonds is 4. The zero-order valence-corrected chi connectivity index (χ0v) is 10.4. The summed E-state index contributed by atoms with van der Waals surface area (Å²) in [5, 5.41) is 0. The van der Waals surface area contributed by atoms with Crippen LogP contribution in [0.2, 0.25) is 0 Å². The second-order valence-electron chi connectivity index (χ2n) is 3.37. The first-order chi connectivity index (χ1) is 8.63. The van der Waals surface area contributed by atoms with Gasteiger partial charge in [-0.15, -0.1) is 0 Å². The quantitative estimate of drug-likeness (QED) is 0.367. The topological polar surface area (TPSA) is 69.7 Å². The molecule has 0 aromatic heterocycles. The van der Waals surface area contributed by atoms with Crippen molar-refractivity contribution in [2.75, 3.05) is 0 Å². The zero-order valence-electron chi connectivity index (χ0n) is 9.55. The number of hydrogen-bond acceptors (Lipinski definition) is 5. The fraction of sp³-hybridized carbons (Fsp3) is 0.300. The number of benzene rings is 1. The van der Waals surface area contributed by atoms with Crippen LogP contribution >= 0.6 is 0 Å². The molecule has 0 radical (unpaired) electrons. The van der Waals surface area contributed by atoms with Crippen molar-refractivity contribution in [3.63, 3.8) is 0 Å². The van der Waals surface area contributed by atoms with E-state index in [1.165, 1.54) is 24.3 Å². The van der Waals surface area contributed by atoms with Gasteiger partial charge in [-0.1, -0.05) is 18.2 Å². The van der Waals surface area contributed by atoms with Gasteiger partial charge in [0.15, 0.2) is 6.10 Å².